The number of aliphatic hydroxyl groups excluding tert-OH is 1. The number of ether oxygens (including phenoxy) is 1. The first-order chi connectivity index (χ1) is 8.20. The molecule has 0 aromatic rings. The van der Waals surface area contributed by atoms with Crippen LogP contribution in [0.25, 0.3) is 0 Å². The van der Waals surface area contributed by atoms with E-state index in [1.165, 1.54) is 32.1 Å². The Morgan fingerprint density at radius 1 is 1.22 bits per heavy atom. The van der Waals surface area contributed by atoms with Crippen molar-refractivity contribution in [3.05, 3.63) is 12.7 Å². The van der Waals surface area contributed by atoms with E-state index >= 15 is 0 Å². The summed E-state index contributed by atoms with van der Waals surface area (Å²) in [4.78, 5) is 10.7. The van der Waals surface area contributed by atoms with Crippen LogP contribution in [0.1, 0.15) is 58.3 Å². The van der Waals surface area contributed by atoms with Gasteiger partial charge >= 0.3 is 5.97 Å². The first-order valence-corrected chi connectivity index (χ1v) is 6.68. The molecule has 0 fully saturated rings. The number of hydrogen-bond donors (Lipinski definition) is 1. The van der Waals surface area contributed by atoms with E-state index in [2.05, 4.69) is 13.5 Å². The van der Waals surface area contributed by atoms with Crippen molar-refractivity contribution in [2.75, 3.05) is 6.61 Å². The van der Waals surface area contributed by atoms with Crippen molar-refractivity contribution in [2.24, 2.45) is 0 Å². The summed E-state index contributed by atoms with van der Waals surface area (Å²) in [5.41, 5.74) is 0. The quantitative estimate of drug-likeness (QED) is 0.353. The number of carbonyl (C=O) groups excluding carboxylic acids is 1. The average molecular weight is 262 g/mol. The van der Waals surface area contributed by atoms with Gasteiger partial charge in [-0.15, -0.1) is 0 Å². The molecular weight excluding hydrogens is 235 g/mol. The summed E-state index contributed by atoms with van der Waals surface area (Å²) < 4.78 is 4.76. The predicted molar refractivity (Wildman–Crippen MR) is 72.3 cm³/mol. The minimum Gasteiger partial charge on any atom is -0.460 e. The highest BCUT2D eigenvalue weighted by molar-refractivity contribution is 5.81. The molecule has 0 bridgehead atoms. The Morgan fingerprint density at radius 3 is 2.33 bits per heavy atom. The highest BCUT2D eigenvalue weighted by Crippen LogP contribution is 2.09. The zero-order chi connectivity index (χ0) is 12.9. The minimum atomic E-state index is -0.533. The van der Waals surface area contributed by atoms with E-state index in [1.807, 2.05) is 0 Å². The molecule has 4 heteroatoms. The third-order valence-electron chi connectivity index (χ3n) is 2.73. The van der Waals surface area contributed by atoms with Gasteiger partial charge in [-0.05, 0) is 6.42 Å². The molecule has 0 aliphatic rings. The van der Waals surface area contributed by atoms with Crippen LogP contribution in [0.4, 0.5) is 4.70 Å². The predicted octanol–water partition coefficient (Wildman–Crippen LogP) is 3.37. The molecule has 108 valence electrons. The highest BCUT2D eigenvalue weighted by Gasteiger charge is 2.06. The molecule has 0 aromatic carbocycles. The topological polar surface area (TPSA) is 46.5 Å². The Balaban J connectivity index is 0. The van der Waals surface area contributed by atoms with Crippen LogP contribution in [0, 0.1) is 0 Å². The zero-order valence-corrected chi connectivity index (χ0v) is 11.4. The molecule has 0 saturated heterocycles. The Kier molecular flexibility index (Phi) is 15.3. The van der Waals surface area contributed by atoms with Crippen LogP contribution >= 0.6 is 0 Å². The maximum atomic E-state index is 10.7. The molecule has 0 spiro atoms. The Bertz CT molecular complexity index is 207. The number of unbranched alkanes of at least 4 members (excludes halogenated alkanes) is 6. The molecule has 0 aliphatic carbocycles. The Morgan fingerprint density at radius 2 is 1.78 bits per heavy atom. The second kappa shape index (κ2) is 14.2. The van der Waals surface area contributed by atoms with Crippen molar-refractivity contribution in [1.29, 1.82) is 0 Å². The Labute approximate surface area is 110 Å². The van der Waals surface area contributed by atoms with Gasteiger partial charge in [-0.2, -0.15) is 0 Å². The molecule has 18 heavy (non-hydrogen) atoms. The normalized spacial score (nSPS) is 11.4. The molecule has 0 amide bonds. The summed E-state index contributed by atoms with van der Waals surface area (Å²) in [5, 5.41) is 9.52. The van der Waals surface area contributed by atoms with Crippen molar-refractivity contribution in [1.82, 2.24) is 0 Å². The van der Waals surface area contributed by atoms with Gasteiger partial charge < -0.3 is 9.84 Å². The summed E-state index contributed by atoms with van der Waals surface area (Å²) in [7, 11) is 0. The molecule has 1 atom stereocenters. The molecule has 0 saturated carbocycles. The molecule has 1 unspecified atom stereocenters. The van der Waals surface area contributed by atoms with Crippen LogP contribution in [0.2, 0.25) is 0 Å². The fourth-order valence-electron chi connectivity index (χ4n) is 1.66. The van der Waals surface area contributed by atoms with Crippen molar-refractivity contribution >= 4 is 5.97 Å². The number of hydrogen-bond acceptors (Lipinski definition) is 3. The van der Waals surface area contributed by atoms with Crippen LogP contribution in [-0.4, -0.2) is 23.8 Å². The van der Waals surface area contributed by atoms with Gasteiger partial charge in [0.1, 0.15) is 6.61 Å². The summed E-state index contributed by atoms with van der Waals surface area (Å²) in [6.45, 7) is 5.59. The summed E-state index contributed by atoms with van der Waals surface area (Å²) in [5.74, 6) is -0.469. The lowest BCUT2D eigenvalue weighted by atomic mass is 10.1. The van der Waals surface area contributed by atoms with E-state index in [9.17, 15) is 9.90 Å². The van der Waals surface area contributed by atoms with E-state index in [0.717, 1.165) is 18.9 Å². The largest absolute Gasteiger partial charge is 0.460 e. The lowest BCUT2D eigenvalue weighted by molar-refractivity contribution is -0.140. The number of carbonyl (C=O) groups is 1. The van der Waals surface area contributed by atoms with Gasteiger partial charge in [-0.25, -0.2) is 4.79 Å². The number of esters is 1. The SMILES string of the molecule is C=CC(=O)OCC(O)CCCCCCCCC.F. The summed E-state index contributed by atoms with van der Waals surface area (Å²) in [6.07, 6.45) is 9.86. The second-order valence-electron chi connectivity index (χ2n) is 4.40. The van der Waals surface area contributed by atoms with Crippen LogP contribution in [0.5, 0.6) is 0 Å². The zero-order valence-electron chi connectivity index (χ0n) is 11.4. The average Bonchev–Trinajstić information content (AvgIpc) is 2.34. The van der Waals surface area contributed by atoms with E-state index < -0.39 is 12.1 Å². The van der Waals surface area contributed by atoms with E-state index in [1.54, 1.807) is 0 Å². The lowest BCUT2D eigenvalue weighted by Gasteiger charge is -2.10. The van der Waals surface area contributed by atoms with Crippen LogP contribution in [-0.2, 0) is 9.53 Å². The van der Waals surface area contributed by atoms with Crippen molar-refractivity contribution in [3.8, 4) is 0 Å². The first kappa shape index (κ1) is 19.4. The summed E-state index contributed by atoms with van der Waals surface area (Å²) in [6, 6.07) is 0. The van der Waals surface area contributed by atoms with Crippen molar-refractivity contribution < 1.29 is 19.3 Å². The van der Waals surface area contributed by atoms with Gasteiger partial charge in [0.25, 0.3) is 0 Å². The third kappa shape index (κ3) is 13.2. The standard InChI is InChI=1S/C14H26O3.FH/c1-3-5-6-7-8-9-10-11-13(15)12-17-14(16)4-2;/h4,13,15H,2-3,5-12H2,1H3;1H. The summed E-state index contributed by atoms with van der Waals surface area (Å²) >= 11 is 0. The fraction of sp³-hybridized carbons (Fsp3) is 0.786. The van der Waals surface area contributed by atoms with E-state index in [-0.39, 0.29) is 11.3 Å². The highest BCUT2D eigenvalue weighted by atomic mass is 19.0. The molecule has 0 radical (unpaired) electrons. The van der Waals surface area contributed by atoms with Gasteiger partial charge in [-0.1, -0.05) is 58.4 Å². The van der Waals surface area contributed by atoms with Gasteiger partial charge in [0.2, 0.25) is 0 Å². The van der Waals surface area contributed by atoms with Crippen LogP contribution in [0.3, 0.4) is 0 Å². The van der Waals surface area contributed by atoms with Gasteiger partial charge in [0, 0.05) is 6.08 Å². The molecule has 3 nitrogen and oxygen atoms in total. The number of aliphatic hydroxyl groups is 1. The van der Waals surface area contributed by atoms with E-state index in [4.69, 9.17) is 4.74 Å². The van der Waals surface area contributed by atoms with Gasteiger partial charge in [-0.3, -0.25) is 4.70 Å². The molecule has 0 rings (SSSR count). The van der Waals surface area contributed by atoms with Gasteiger partial charge in [0.15, 0.2) is 0 Å². The van der Waals surface area contributed by atoms with Crippen molar-refractivity contribution in [3.63, 3.8) is 0 Å². The smallest absolute Gasteiger partial charge is 0.330 e. The van der Waals surface area contributed by atoms with E-state index in [0.29, 0.717) is 6.42 Å². The van der Waals surface area contributed by atoms with Crippen LogP contribution < -0.4 is 0 Å². The van der Waals surface area contributed by atoms with Crippen molar-refractivity contribution in [2.45, 2.75) is 64.4 Å². The van der Waals surface area contributed by atoms with Gasteiger partial charge in [0.05, 0.1) is 6.10 Å². The number of rotatable bonds is 11. The van der Waals surface area contributed by atoms with Crippen LogP contribution in [0.15, 0.2) is 12.7 Å². The molecule has 1 N–H and O–H groups in total. The maximum Gasteiger partial charge on any atom is 0.330 e. The molecule has 0 heterocycles. The second-order valence-corrected chi connectivity index (χ2v) is 4.40. The fourth-order valence-corrected chi connectivity index (χ4v) is 1.66. The first-order valence-electron chi connectivity index (χ1n) is 6.68. The molecule has 0 aliphatic heterocycles. The molecular formula is C14H27FO3. The molecule has 0 aromatic heterocycles. The Hall–Kier alpha value is -0.900. The monoisotopic (exact) mass is 262 g/mol. The third-order valence-corrected chi connectivity index (χ3v) is 2.73. The lowest BCUT2D eigenvalue weighted by Crippen LogP contribution is -2.17. The minimum absolute atomic E-state index is 0. The number of halogens is 1. The maximum absolute atomic E-state index is 10.7.